The second-order valence-corrected chi connectivity index (χ2v) is 22.1. The van der Waals surface area contributed by atoms with E-state index in [2.05, 4.69) is 121 Å². The molecule has 1 aliphatic rings. The fourth-order valence-corrected chi connectivity index (χ4v) is 9.25. The molecule has 0 aliphatic heterocycles. The van der Waals surface area contributed by atoms with Crippen molar-refractivity contribution < 1.29 is 99.6 Å². The molecule has 12 heteroatoms. The quantitative estimate of drug-likeness (QED) is 0.0928. The van der Waals surface area contributed by atoms with E-state index in [1.54, 1.807) is 43.8 Å². The maximum Gasteiger partial charge on any atom is 0.194 e. The van der Waals surface area contributed by atoms with E-state index in [0.29, 0.717) is 27.8 Å². The molecule has 0 saturated carbocycles. The summed E-state index contributed by atoms with van der Waals surface area (Å²) in [5.74, 6) is 0.173. The Morgan fingerprint density at radius 1 is 0.505 bits per heavy atom. The van der Waals surface area contributed by atoms with Crippen LogP contribution in [0.4, 0.5) is 0 Å². The zero-order valence-corrected chi connectivity index (χ0v) is 63.6. The van der Waals surface area contributed by atoms with Gasteiger partial charge in [0.2, 0.25) is 0 Å². The summed E-state index contributed by atoms with van der Waals surface area (Å²) in [4.78, 5) is 64.1. The number of pyridine rings is 4. The Kier molecular flexibility index (Phi) is 35.7. The number of aromatic nitrogens is 4. The fraction of sp³-hybridized carbons (Fsp3) is 0.165. The average molecular weight is 1920 g/mol. The van der Waals surface area contributed by atoms with E-state index in [9.17, 15) is 19.2 Å². The van der Waals surface area contributed by atoms with Crippen molar-refractivity contribution in [2.24, 2.45) is 5.92 Å². The molecule has 1 aliphatic carbocycles. The summed E-state index contributed by atoms with van der Waals surface area (Å²) < 4.78 is 0. The summed E-state index contributed by atoms with van der Waals surface area (Å²) in [6, 6.07) is 68.5. The number of nitrogens with zero attached hydrogens (tertiary/aromatic N) is 4. The van der Waals surface area contributed by atoms with Crippen LogP contribution in [0.1, 0.15) is 143 Å². The second-order valence-electron chi connectivity index (χ2n) is 22.1. The van der Waals surface area contributed by atoms with E-state index in [-0.39, 0.29) is 150 Å². The first-order valence-electron chi connectivity index (χ1n) is 27.6. The van der Waals surface area contributed by atoms with Crippen LogP contribution in [0.25, 0.3) is 51.0 Å². The van der Waals surface area contributed by atoms with Gasteiger partial charge >= 0.3 is 0 Å². The molecule has 0 N–H and O–H groups in total. The number of ketones is 4. The number of benzene rings is 6. The zero-order chi connectivity index (χ0) is 59.3. The minimum Gasteiger partial charge on any atom is -0.358 e. The van der Waals surface area contributed by atoms with Gasteiger partial charge in [-0.25, -0.2) is 0 Å². The molecule has 0 amide bonds. The molecule has 6 aromatic carbocycles. The molecule has 0 bridgehead atoms. The molecule has 4 radical (unpaired) electrons. The van der Waals surface area contributed by atoms with Crippen LogP contribution in [-0.4, -0.2) is 43.1 Å². The molecule has 0 fully saturated rings. The molecule has 4 heterocycles. The third kappa shape index (κ3) is 22.1. The van der Waals surface area contributed by atoms with Gasteiger partial charge in [0, 0.05) is 139 Å². The van der Waals surface area contributed by atoms with Crippen molar-refractivity contribution >= 4 is 29.2 Å². The van der Waals surface area contributed by atoms with Gasteiger partial charge in [0.25, 0.3) is 0 Å². The smallest absolute Gasteiger partial charge is 0.194 e. The minimum absolute atomic E-state index is 0. The molecule has 0 spiro atoms. The minimum atomic E-state index is -0.0566. The summed E-state index contributed by atoms with van der Waals surface area (Å²) >= 11 is 0. The van der Waals surface area contributed by atoms with Crippen molar-refractivity contribution in [3.8, 4) is 44.9 Å². The topological polar surface area (TPSA) is 120 Å². The Bertz CT molecular complexity index is 3900. The van der Waals surface area contributed by atoms with Crippen LogP contribution in [0.3, 0.4) is 0 Å². The first-order chi connectivity index (χ1) is 39.8. The van der Waals surface area contributed by atoms with Gasteiger partial charge < -0.3 is 49.6 Å². The number of carbonyl (C=O) groups excluding carboxylic acids is 4. The van der Waals surface area contributed by atoms with Crippen LogP contribution in [0.5, 0.6) is 0 Å². The average Bonchev–Trinajstić information content (AvgIpc) is 1.59. The van der Waals surface area contributed by atoms with Crippen LogP contribution < -0.4 is 0 Å². The predicted molar refractivity (Wildman–Crippen MR) is 359 cm³/mol. The third-order valence-electron chi connectivity index (χ3n) is 14.2. The predicted octanol–water partition coefficient (Wildman–Crippen LogP) is 18.8. The van der Waals surface area contributed by atoms with Gasteiger partial charge in [-0.3, -0.25) is 19.2 Å². The van der Waals surface area contributed by atoms with Gasteiger partial charge in [0.15, 0.2) is 23.1 Å². The van der Waals surface area contributed by atoms with E-state index in [4.69, 9.17) is 0 Å². The molecule has 482 valence electrons. The van der Waals surface area contributed by atoms with E-state index in [0.717, 1.165) is 50.6 Å². The molecule has 0 saturated heterocycles. The van der Waals surface area contributed by atoms with Crippen molar-refractivity contribution in [3.05, 3.63) is 322 Å². The molecule has 10 aromatic rings. The first-order valence-corrected chi connectivity index (χ1v) is 27.6. The van der Waals surface area contributed by atoms with Crippen LogP contribution >= 0.6 is 0 Å². The molecule has 8 nitrogen and oxygen atoms in total. The van der Waals surface area contributed by atoms with Gasteiger partial charge in [0.1, 0.15) is 0 Å². The van der Waals surface area contributed by atoms with E-state index in [1.165, 1.54) is 34.7 Å². The molecule has 0 atom stereocenters. The van der Waals surface area contributed by atoms with Gasteiger partial charge in [0.05, 0.1) is 0 Å². The zero-order valence-electron chi connectivity index (χ0n) is 54.0. The molecule has 4 aromatic heterocycles. The van der Waals surface area contributed by atoms with Crippen molar-refractivity contribution in [2.45, 2.75) is 80.1 Å². The van der Waals surface area contributed by atoms with Crippen molar-refractivity contribution in [1.82, 2.24) is 19.9 Å². The van der Waals surface area contributed by atoms with E-state index < -0.39 is 0 Å². The summed E-state index contributed by atoms with van der Waals surface area (Å²) in [7, 11) is 0. The summed E-state index contributed by atoms with van der Waals surface area (Å²) in [6.45, 7) is 19.9. The number of Topliss-reactive ketones (excluding diaryl/α,β-unsaturated/α-hetero) is 3. The molecule has 11 rings (SSSR count). The molecular formula is C79H78Ir4N4O4-8. The van der Waals surface area contributed by atoms with Gasteiger partial charge in [-0.1, -0.05) is 176 Å². The summed E-state index contributed by atoms with van der Waals surface area (Å²) in [5, 5.41) is 0. The Labute approximate surface area is 596 Å². The maximum absolute atomic E-state index is 12.6. The van der Waals surface area contributed by atoms with Crippen LogP contribution in [-0.2, 0) is 91.3 Å². The molecule has 91 heavy (non-hydrogen) atoms. The monoisotopic (exact) mass is 1920 g/mol. The van der Waals surface area contributed by atoms with E-state index >= 15 is 0 Å². The molecular weight excluding hydrogens is 1840 g/mol. The second kappa shape index (κ2) is 38.7. The van der Waals surface area contributed by atoms with Crippen molar-refractivity contribution in [1.29, 1.82) is 0 Å². The maximum atomic E-state index is 12.6. The number of rotatable bonds is 11. The normalized spacial score (nSPS) is 10.8. The van der Waals surface area contributed by atoms with Gasteiger partial charge in [-0.2, -0.15) is 0 Å². The standard InChI is InChI=1S/C27H20NO.C17H18NO.C17H16NO.C14H12NO.4CH3.4Ir/c1-27(2)23-11-7-6-10-21(23)22-14-12-19(16-24(22)27)25-15-13-20(17-28-25)26(29)18-8-4-3-5-9-18;1-12(19)14-7-10-16(18-11-14)13-5-8-15(9-6-13)17(2,3)4;1-13(2)17(19)15-9-11-16(18-12-15)10-8-14-6-4-3-5-7-14;1-10-5-3-4-6-13(10)14-8-7-12(9-15-14)11(2)16;;;;;;;;/h3-11,13-17H,1-2H3;5,7-11H,1-4H3;3-7,9-13H,1-2H3;3-5,7-9H,1-2H3;4*1H3;;;;/q8*-1;;;;. The van der Waals surface area contributed by atoms with E-state index in [1.807, 2.05) is 154 Å². The Balaban J connectivity index is 0.00000118. The number of hydrogen-bond acceptors (Lipinski definition) is 8. The third-order valence-corrected chi connectivity index (χ3v) is 14.2. The van der Waals surface area contributed by atoms with Crippen molar-refractivity contribution in [3.63, 3.8) is 0 Å². The van der Waals surface area contributed by atoms with Crippen LogP contribution in [0.2, 0.25) is 0 Å². The number of carbonyl (C=O) groups is 4. The largest absolute Gasteiger partial charge is 0.358 e. The summed E-state index contributed by atoms with van der Waals surface area (Å²) in [5.41, 5.74) is 18.0. The molecule has 0 unspecified atom stereocenters. The Morgan fingerprint density at radius 3 is 1.53 bits per heavy atom. The van der Waals surface area contributed by atoms with Gasteiger partial charge in [-0.05, 0) is 53.0 Å². The SMILES string of the molecule is CC(=O)c1ccc(-c2[c-]cc(C(C)(C)C)cc2)nc1.CC(=O)c1ccc(-c2[c-]cccc2C)nc1.CC(C)C(=O)c1ccc(C=[C-]c2ccccc2)nc1.CC1(C)c2ccccc2-c2c[c-]c(-c3ccc(C(=O)c4ccccc4)cn3)cc21.[CH3-].[CH3-].[CH3-].[CH3-].[Ir].[Ir].[Ir].[Ir]. The number of aryl methyl sites for hydroxylation is 1. The number of hydrogen-bond donors (Lipinski definition) is 0. The summed E-state index contributed by atoms with van der Waals surface area (Å²) in [6.07, 6.45) is 11.5. The number of fused-ring (bicyclic) bond motifs is 3. The van der Waals surface area contributed by atoms with Crippen LogP contribution in [0, 0.1) is 66.8 Å². The Hall–Kier alpha value is -7.06. The van der Waals surface area contributed by atoms with Gasteiger partial charge in [-0.15, -0.1) is 142 Å². The first kappa shape index (κ1) is 83.9. The van der Waals surface area contributed by atoms with Crippen molar-refractivity contribution in [2.75, 3.05) is 0 Å². The fourth-order valence-electron chi connectivity index (χ4n) is 9.25. The Morgan fingerprint density at radius 2 is 1.02 bits per heavy atom. The van der Waals surface area contributed by atoms with Crippen LogP contribution in [0.15, 0.2) is 207 Å².